The maximum Gasteiger partial charge on any atom is 0.225 e. The Morgan fingerprint density at radius 3 is 2.93 bits per heavy atom. The molecule has 4 heteroatoms. The summed E-state index contributed by atoms with van der Waals surface area (Å²) in [5.41, 5.74) is 0. The lowest BCUT2D eigenvalue weighted by molar-refractivity contribution is -0.125. The van der Waals surface area contributed by atoms with Crippen LogP contribution in [0.25, 0.3) is 0 Å². The van der Waals surface area contributed by atoms with Crippen LogP contribution in [-0.2, 0) is 9.53 Å². The Kier molecular flexibility index (Phi) is 3.03. The van der Waals surface area contributed by atoms with E-state index in [1.807, 2.05) is 0 Å². The van der Waals surface area contributed by atoms with Crippen LogP contribution in [0.2, 0.25) is 0 Å². The predicted octanol–water partition coefficient (Wildman–Crippen LogP) is -0.253. The molecule has 14 heavy (non-hydrogen) atoms. The smallest absolute Gasteiger partial charge is 0.225 e. The first-order valence-corrected chi connectivity index (χ1v) is 5.36. The second kappa shape index (κ2) is 4.28. The minimum absolute atomic E-state index is 0.0859. The van der Waals surface area contributed by atoms with E-state index in [2.05, 4.69) is 17.6 Å². The van der Waals surface area contributed by atoms with Crippen LogP contribution in [-0.4, -0.2) is 38.3 Å². The number of hydrogen-bond donors (Lipinski definition) is 2. The monoisotopic (exact) mass is 198 g/mol. The van der Waals surface area contributed by atoms with Gasteiger partial charge in [0.2, 0.25) is 5.91 Å². The molecule has 0 aromatic rings. The summed E-state index contributed by atoms with van der Waals surface area (Å²) in [5, 5.41) is 6.36. The van der Waals surface area contributed by atoms with Crippen LogP contribution in [0, 0.1) is 11.8 Å². The van der Waals surface area contributed by atoms with Gasteiger partial charge in [-0.2, -0.15) is 0 Å². The number of nitrogens with one attached hydrogen (secondary N) is 2. The Morgan fingerprint density at radius 2 is 2.36 bits per heavy atom. The van der Waals surface area contributed by atoms with Gasteiger partial charge in [-0.05, 0) is 18.9 Å². The van der Waals surface area contributed by atoms with Gasteiger partial charge < -0.3 is 15.4 Å². The highest BCUT2D eigenvalue weighted by atomic mass is 16.5. The van der Waals surface area contributed by atoms with Crippen molar-refractivity contribution in [1.82, 2.24) is 10.6 Å². The summed E-state index contributed by atoms with van der Waals surface area (Å²) in [6, 6.07) is 0.308. The molecule has 0 radical (unpaired) electrons. The first-order valence-electron chi connectivity index (χ1n) is 5.36. The van der Waals surface area contributed by atoms with E-state index in [0.29, 0.717) is 18.6 Å². The Morgan fingerprint density at radius 1 is 1.50 bits per heavy atom. The summed E-state index contributed by atoms with van der Waals surface area (Å²) < 4.78 is 5.19. The third-order valence-corrected chi connectivity index (χ3v) is 3.15. The molecule has 2 fully saturated rings. The van der Waals surface area contributed by atoms with E-state index in [0.717, 1.165) is 26.1 Å². The summed E-state index contributed by atoms with van der Waals surface area (Å²) in [6.45, 7) is 5.40. The van der Waals surface area contributed by atoms with Gasteiger partial charge in [0.1, 0.15) is 0 Å². The minimum atomic E-state index is 0.0859. The van der Waals surface area contributed by atoms with Crippen molar-refractivity contribution in [3.63, 3.8) is 0 Å². The van der Waals surface area contributed by atoms with Gasteiger partial charge in [0, 0.05) is 19.2 Å². The van der Waals surface area contributed by atoms with Crippen molar-refractivity contribution in [2.45, 2.75) is 19.4 Å². The van der Waals surface area contributed by atoms with Gasteiger partial charge in [-0.15, -0.1) is 0 Å². The Hall–Kier alpha value is -0.610. The lowest BCUT2D eigenvalue weighted by Gasteiger charge is -2.18. The molecule has 2 rings (SSSR count). The van der Waals surface area contributed by atoms with E-state index in [1.165, 1.54) is 0 Å². The first kappa shape index (κ1) is 9.93. The summed E-state index contributed by atoms with van der Waals surface area (Å²) in [7, 11) is 0. The third-order valence-electron chi connectivity index (χ3n) is 3.15. The predicted molar refractivity (Wildman–Crippen MR) is 52.9 cm³/mol. The summed E-state index contributed by atoms with van der Waals surface area (Å²) in [4.78, 5) is 11.7. The summed E-state index contributed by atoms with van der Waals surface area (Å²) in [6.07, 6.45) is 0.875. The Bertz CT molecular complexity index is 214. The second-order valence-corrected chi connectivity index (χ2v) is 4.31. The van der Waals surface area contributed by atoms with Crippen molar-refractivity contribution in [3.8, 4) is 0 Å². The van der Waals surface area contributed by atoms with E-state index >= 15 is 0 Å². The fourth-order valence-corrected chi connectivity index (χ4v) is 2.05. The molecular weight excluding hydrogens is 180 g/mol. The first-order chi connectivity index (χ1) is 6.77. The highest BCUT2D eigenvalue weighted by molar-refractivity contribution is 5.79. The van der Waals surface area contributed by atoms with Crippen molar-refractivity contribution in [2.24, 2.45) is 11.8 Å². The molecule has 4 nitrogen and oxygen atoms in total. The van der Waals surface area contributed by atoms with Crippen molar-refractivity contribution < 1.29 is 9.53 Å². The van der Waals surface area contributed by atoms with Crippen LogP contribution >= 0.6 is 0 Å². The van der Waals surface area contributed by atoms with Crippen LogP contribution < -0.4 is 10.6 Å². The molecule has 0 saturated carbocycles. The van der Waals surface area contributed by atoms with Crippen LogP contribution in [0.5, 0.6) is 0 Å². The van der Waals surface area contributed by atoms with E-state index in [4.69, 9.17) is 4.74 Å². The average Bonchev–Trinajstić information content (AvgIpc) is 2.77. The molecule has 2 heterocycles. The fraction of sp³-hybridized carbons (Fsp3) is 0.900. The standard InChI is InChI=1S/C10H18N2O2/c1-7-4-11-5-9(7)12-10(13)8-2-3-14-6-8/h7-9,11H,2-6H2,1H3,(H,12,13). The number of amides is 1. The number of rotatable bonds is 2. The molecule has 80 valence electrons. The molecule has 2 saturated heterocycles. The molecular formula is C10H18N2O2. The highest BCUT2D eigenvalue weighted by Crippen LogP contribution is 2.14. The van der Waals surface area contributed by atoms with Gasteiger partial charge in [-0.25, -0.2) is 0 Å². The Labute approximate surface area is 84.4 Å². The van der Waals surface area contributed by atoms with Crippen molar-refractivity contribution in [1.29, 1.82) is 0 Å². The lowest BCUT2D eigenvalue weighted by Crippen LogP contribution is -2.42. The van der Waals surface area contributed by atoms with Gasteiger partial charge in [0.05, 0.1) is 12.5 Å². The normalized spacial score (nSPS) is 37.4. The quantitative estimate of drug-likeness (QED) is 0.643. The van der Waals surface area contributed by atoms with Gasteiger partial charge in [-0.1, -0.05) is 6.92 Å². The zero-order chi connectivity index (χ0) is 9.97. The SMILES string of the molecule is CC1CNCC1NC(=O)C1CCOC1. The molecule has 0 aromatic carbocycles. The molecule has 2 N–H and O–H groups in total. The van der Waals surface area contributed by atoms with Crippen LogP contribution in [0.1, 0.15) is 13.3 Å². The number of carbonyl (C=O) groups is 1. The number of carbonyl (C=O) groups excluding carboxylic acids is 1. The molecule has 3 atom stereocenters. The maximum atomic E-state index is 11.7. The minimum Gasteiger partial charge on any atom is -0.381 e. The van der Waals surface area contributed by atoms with Gasteiger partial charge in [-0.3, -0.25) is 4.79 Å². The lowest BCUT2D eigenvalue weighted by atomic mass is 10.0. The zero-order valence-corrected chi connectivity index (χ0v) is 8.58. The molecule has 0 spiro atoms. The van der Waals surface area contributed by atoms with E-state index in [9.17, 15) is 4.79 Å². The molecule has 0 aromatic heterocycles. The van der Waals surface area contributed by atoms with Gasteiger partial charge in [0.25, 0.3) is 0 Å². The molecule has 3 unspecified atom stereocenters. The summed E-state index contributed by atoms with van der Waals surface area (Å²) in [5.74, 6) is 0.798. The van der Waals surface area contributed by atoms with Crippen molar-refractivity contribution in [3.05, 3.63) is 0 Å². The second-order valence-electron chi connectivity index (χ2n) is 4.31. The topological polar surface area (TPSA) is 50.4 Å². The zero-order valence-electron chi connectivity index (χ0n) is 8.58. The number of hydrogen-bond acceptors (Lipinski definition) is 3. The van der Waals surface area contributed by atoms with E-state index < -0.39 is 0 Å². The van der Waals surface area contributed by atoms with Crippen LogP contribution in [0.15, 0.2) is 0 Å². The van der Waals surface area contributed by atoms with Crippen LogP contribution in [0.3, 0.4) is 0 Å². The fourth-order valence-electron chi connectivity index (χ4n) is 2.05. The maximum absolute atomic E-state index is 11.7. The molecule has 0 aliphatic carbocycles. The van der Waals surface area contributed by atoms with Gasteiger partial charge in [0.15, 0.2) is 0 Å². The highest BCUT2D eigenvalue weighted by Gasteiger charge is 2.29. The van der Waals surface area contributed by atoms with Crippen molar-refractivity contribution >= 4 is 5.91 Å². The van der Waals surface area contributed by atoms with Crippen LogP contribution in [0.4, 0.5) is 0 Å². The average molecular weight is 198 g/mol. The third kappa shape index (κ3) is 2.07. The van der Waals surface area contributed by atoms with Crippen molar-refractivity contribution in [2.75, 3.05) is 26.3 Å². The molecule has 2 aliphatic heterocycles. The summed E-state index contributed by atoms with van der Waals surface area (Å²) >= 11 is 0. The van der Waals surface area contributed by atoms with E-state index in [1.54, 1.807) is 0 Å². The Balaban J connectivity index is 1.81. The number of ether oxygens (including phenoxy) is 1. The molecule has 2 aliphatic rings. The molecule has 0 bridgehead atoms. The van der Waals surface area contributed by atoms with E-state index in [-0.39, 0.29) is 11.8 Å². The largest absolute Gasteiger partial charge is 0.381 e. The van der Waals surface area contributed by atoms with Gasteiger partial charge >= 0.3 is 0 Å². The molecule has 1 amide bonds.